The fourth-order valence-corrected chi connectivity index (χ4v) is 2.10. The van der Waals surface area contributed by atoms with Crippen LogP contribution in [0.3, 0.4) is 0 Å². The van der Waals surface area contributed by atoms with Crippen LogP contribution in [0, 0.1) is 0 Å². The van der Waals surface area contributed by atoms with E-state index in [-0.39, 0.29) is 11.9 Å². The Labute approximate surface area is 106 Å². The normalized spacial score (nSPS) is 17.8. The van der Waals surface area contributed by atoms with Crippen LogP contribution in [0.5, 0.6) is 0 Å². The van der Waals surface area contributed by atoms with E-state index >= 15 is 0 Å². The molecule has 2 aromatic carbocycles. The Morgan fingerprint density at radius 1 is 0.833 bits per heavy atom. The number of rotatable bonds is 2. The Balaban J connectivity index is 1.90. The van der Waals surface area contributed by atoms with Gasteiger partial charge in [-0.2, -0.15) is 0 Å². The second-order valence-electron chi connectivity index (χ2n) is 4.23. The first-order valence-corrected chi connectivity index (χ1v) is 5.87. The second-order valence-corrected chi connectivity index (χ2v) is 4.23. The van der Waals surface area contributed by atoms with Gasteiger partial charge in [0, 0.05) is 0 Å². The van der Waals surface area contributed by atoms with E-state index in [0.29, 0.717) is 0 Å². The molecule has 0 saturated carbocycles. The molecule has 88 valence electrons. The summed E-state index contributed by atoms with van der Waals surface area (Å²) in [5.41, 5.74) is 3.29. The standard InChI is InChI=1S/C16H12O2/c17-16-15(10-11-18-16)14-8-6-13(7-9-14)12-4-2-1-3-5-12/h1-11,15H. The van der Waals surface area contributed by atoms with Crippen LogP contribution in [-0.4, -0.2) is 5.97 Å². The Morgan fingerprint density at radius 2 is 1.50 bits per heavy atom. The third kappa shape index (κ3) is 1.93. The Hall–Kier alpha value is -2.35. The van der Waals surface area contributed by atoms with Crippen LogP contribution in [-0.2, 0) is 9.53 Å². The lowest BCUT2D eigenvalue weighted by atomic mass is 9.97. The monoisotopic (exact) mass is 236 g/mol. The van der Waals surface area contributed by atoms with E-state index in [4.69, 9.17) is 4.74 Å². The van der Waals surface area contributed by atoms with Crippen LogP contribution in [0.4, 0.5) is 0 Å². The molecule has 0 N–H and O–H groups in total. The molecule has 2 nitrogen and oxygen atoms in total. The van der Waals surface area contributed by atoms with Gasteiger partial charge in [-0.25, -0.2) is 0 Å². The molecule has 1 unspecified atom stereocenters. The van der Waals surface area contributed by atoms with Gasteiger partial charge >= 0.3 is 5.97 Å². The van der Waals surface area contributed by atoms with E-state index < -0.39 is 0 Å². The van der Waals surface area contributed by atoms with E-state index in [9.17, 15) is 4.79 Å². The molecule has 0 fully saturated rings. The molecule has 3 rings (SSSR count). The zero-order chi connectivity index (χ0) is 12.4. The minimum absolute atomic E-state index is 0.206. The molecule has 2 aromatic rings. The number of esters is 1. The van der Waals surface area contributed by atoms with Crippen LogP contribution in [0.15, 0.2) is 66.9 Å². The molecule has 1 aliphatic rings. The summed E-state index contributed by atoms with van der Waals surface area (Å²) in [5, 5.41) is 0. The van der Waals surface area contributed by atoms with E-state index in [1.807, 2.05) is 42.5 Å². The van der Waals surface area contributed by atoms with Crippen molar-refractivity contribution >= 4 is 5.97 Å². The topological polar surface area (TPSA) is 26.3 Å². The van der Waals surface area contributed by atoms with E-state index in [1.54, 1.807) is 6.08 Å². The van der Waals surface area contributed by atoms with Gasteiger partial charge in [-0.15, -0.1) is 0 Å². The molecule has 0 radical (unpaired) electrons. The van der Waals surface area contributed by atoms with Crippen molar-refractivity contribution in [3.05, 3.63) is 72.5 Å². The lowest BCUT2D eigenvalue weighted by molar-refractivity contribution is -0.136. The Morgan fingerprint density at radius 3 is 2.11 bits per heavy atom. The van der Waals surface area contributed by atoms with E-state index in [0.717, 1.165) is 11.1 Å². The van der Waals surface area contributed by atoms with Crippen LogP contribution in [0.25, 0.3) is 11.1 Å². The maximum absolute atomic E-state index is 11.4. The number of cyclic esters (lactones) is 1. The quantitative estimate of drug-likeness (QED) is 0.746. The van der Waals surface area contributed by atoms with Gasteiger partial charge in [0.2, 0.25) is 0 Å². The molecular formula is C16H12O2. The molecule has 2 heteroatoms. The average Bonchev–Trinajstić information content (AvgIpc) is 2.86. The second kappa shape index (κ2) is 4.49. The summed E-state index contributed by atoms with van der Waals surface area (Å²) >= 11 is 0. The van der Waals surface area contributed by atoms with Crippen molar-refractivity contribution in [2.45, 2.75) is 5.92 Å². The predicted molar refractivity (Wildman–Crippen MR) is 69.9 cm³/mol. The number of hydrogen-bond donors (Lipinski definition) is 0. The molecule has 0 spiro atoms. The lowest BCUT2D eigenvalue weighted by Crippen LogP contribution is -2.05. The molecular weight excluding hydrogens is 224 g/mol. The van der Waals surface area contributed by atoms with Crippen LogP contribution in [0.1, 0.15) is 11.5 Å². The summed E-state index contributed by atoms with van der Waals surface area (Å²) < 4.78 is 4.82. The Kier molecular flexibility index (Phi) is 2.69. The van der Waals surface area contributed by atoms with Gasteiger partial charge in [-0.05, 0) is 22.8 Å². The third-order valence-corrected chi connectivity index (χ3v) is 3.09. The van der Waals surface area contributed by atoms with E-state index in [2.05, 4.69) is 12.1 Å². The van der Waals surface area contributed by atoms with Crippen LogP contribution in [0.2, 0.25) is 0 Å². The predicted octanol–water partition coefficient (Wildman–Crippen LogP) is 3.51. The fraction of sp³-hybridized carbons (Fsp3) is 0.0625. The van der Waals surface area contributed by atoms with Crippen molar-refractivity contribution in [1.82, 2.24) is 0 Å². The van der Waals surface area contributed by atoms with Crippen LogP contribution >= 0.6 is 0 Å². The summed E-state index contributed by atoms with van der Waals surface area (Å²) in [4.78, 5) is 11.4. The molecule has 1 heterocycles. The summed E-state index contributed by atoms with van der Waals surface area (Å²) in [7, 11) is 0. The van der Waals surface area contributed by atoms with Gasteiger partial charge in [0.05, 0.1) is 6.26 Å². The van der Waals surface area contributed by atoms with Crippen molar-refractivity contribution in [3.8, 4) is 11.1 Å². The van der Waals surface area contributed by atoms with Crippen LogP contribution < -0.4 is 0 Å². The highest BCUT2D eigenvalue weighted by atomic mass is 16.5. The third-order valence-electron chi connectivity index (χ3n) is 3.09. The van der Waals surface area contributed by atoms with Crippen molar-refractivity contribution in [2.24, 2.45) is 0 Å². The molecule has 0 saturated heterocycles. The summed E-state index contributed by atoms with van der Waals surface area (Å²) in [6.45, 7) is 0. The van der Waals surface area contributed by atoms with Gasteiger partial charge in [-0.3, -0.25) is 4.79 Å². The number of hydrogen-bond acceptors (Lipinski definition) is 2. The lowest BCUT2D eigenvalue weighted by Gasteiger charge is -2.07. The first-order chi connectivity index (χ1) is 8.84. The summed E-state index contributed by atoms with van der Waals surface area (Å²) in [5.74, 6) is -0.461. The molecule has 0 aromatic heterocycles. The minimum Gasteiger partial charge on any atom is -0.434 e. The first-order valence-electron chi connectivity index (χ1n) is 5.87. The number of carbonyl (C=O) groups excluding carboxylic acids is 1. The van der Waals surface area contributed by atoms with Crippen molar-refractivity contribution < 1.29 is 9.53 Å². The Bertz CT molecular complexity index is 582. The molecule has 0 amide bonds. The molecule has 1 atom stereocenters. The highest BCUT2D eigenvalue weighted by Gasteiger charge is 2.23. The number of benzene rings is 2. The van der Waals surface area contributed by atoms with Crippen molar-refractivity contribution in [1.29, 1.82) is 0 Å². The molecule has 0 bridgehead atoms. The highest BCUT2D eigenvalue weighted by Crippen LogP contribution is 2.26. The fourth-order valence-electron chi connectivity index (χ4n) is 2.10. The van der Waals surface area contributed by atoms with Gasteiger partial charge in [-0.1, -0.05) is 54.6 Å². The number of ether oxygens (including phenoxy) is 1. The van der Waals surface area contributed by atoms with Gasteiger partial charge < -0.3 is 4.74 Å². The van der Waals surface area contributed by atoms with Crippen molar-refractivity contribution in [3.63, 3.8) is 0 Å². The van der Waals surface area contributed by atoms with Crippen molar-refractivity contribution in [2.75, 3.05) is 0 Å². The van der Waals surface area contributed by atoms with Gasteiger partial charge in [0.25, 0.3) is 0 Å². The molecule has 1 aliphatic heterocycles. The molecule has 18 heavy (non-hydrogen) atoms. The zero-order valence-corrected chi connectivity index (χ0v) is 9.74. The summed E-state index contributed by atoms with van der Waals surface area (Å²) in [6, 6.07) is 18.2. The van der Waals surface area contributed by atoms with E-state index in [1.165, 1.54) is 11.8 Å². The SMILES string of the molecule is O=C1OC=CC1c1ccc(-c2ccccc2)cc1. The minimum atomic E-state index is -0.255. The highest BCUT2D eigenvalue weighted by molar-refractivity contribution is 5.83. The zero-order valence-electron chi connectivity index (χ0n) is 9.74. The maximum Gasteiger partial charge on any atom is 0.322 e. The van der Waals surface area contributed by atoms with Gasteiger partial charge in [0.15, 0.2) is 0 Å². The van der Waals surface area contributed by atoms with Gasteiger partial charge in [0.1, 0.15) is 5.92 Å². The first kappa shape index (κ1) is 10.8. The maximum atomic E-state index is 11.4. The smallest absolute Gasteiger partial charge is 0.322 e. The number of carbonyl (C=O) groups is 1. The average molecular weight is 236 g/mol. The molecule has 0 aliphatic carbocycles. The summed E-state index contributed by atoms with van der Waals surface area (Å²) in [6.07, 6.45) is 3.23. The largest absolute Gasteiger partial charge is 0.434 e.